The van der Waals surface area contributed by atoms with E-state index < -0.39 is 5.97 Å². The van der Waals surface area contributed by atoms with Gasteiger partial charge in [-0.3, -0.25) is 9.69 Å². The second-order valence-corrected chi connectivity index (χ2v) is 5.24. The number of carbonyl (C=O) groups is 2. The minimum absolute atomic E-state index is 0.0772. The molecule has 1 aliphatic heterocycles. The van der Waals surface area contributed by atoms with Gasteiger partial charge in [0, 0.05) is 31.3 Å². The summed E-state index contributed by atoms with van der Waals surface area (Å²) in [5.41, 5.74) is 1.26. The Balaban J connectivity index is 1.83. The molecule has 1 aliphatic rings. The van der Waals surface area contributed by atoms with Crippen molar-refractivity contribution < 1.29 is 14.7 Å². The Morgan fingerprint density at radius 3 is 2.76 bits per heavy atom. The van der Waals surface area contributed by atoms with E-state index in [0.717, 1.165) is 44.6 Å². The van der Waals surface area contributed by atoms with Crippen LogP contribution in [0.25, 0.3) is 0 Å². The van der Waals surface area contributed by atoms with Crippen molar-refractivity contribution >= 4 is 11.9 Å². The number of likely N-dealkylation sites (tertiary alicyclic amines) is 1. The fourth-order valence-corrected chi connectivity index (χ4v) is 2.55. The summed E-state index contributed by atoms with van der Waals surface area (Å²) in [4.78, 5) is 24.3. The van der Waals surface area contributed by atoms with Gasteiger partial charge in [0.1, 0.15) is 0 Å². The molecular weight excluding hydrogens is 268 g/mol. The van der Waals surface area contributed by atoms with Gasteiger partial charge in [0.15, 0.2) is 0 Å². The van der Waals surface area contributed by atoms with Gasteiger partial charge >= 0.3 is 5.97 Å². The van der Waals surface area contributed by atoms with E-state index in [4.69, 9.17) is 5.11 Å². The van der Waals surface area contributed by atoms with Crippen molar-refractivity contribution in [3.8, 4) is 0 Å². The number of hydrogen-bond donors (Lipinski definition) is 2. The predicted octanol–water partition coefficient (Wildman–Crippen LogP) is 1.41. The lowest BCUT2D eigenvalue weighted by Crippen LogP contribution is -2.47. The molecule has 5 heteroatoms. The van der Waals surface area contributed by atoms with Crippen LogP contribution in [0.4, 0.5) is 0 Å². The Labute approximate surface area is 124 Å². The molecule has 1 aromatic carbocycles. The normalized spacial score (nSPS) is 19.5. The van der Waals surface area contributed by atoms with Crippen LogP contribution >= 0.6 is 0 Å². The highest BCUT2D eigenvalue weighted by Crippen LogP contribution is 2.13. The number of piperidine rings is 1. The monoisotopic (exact) mass is 288 g/mol. The number of carboxylic acid groups (broad SMARTS) is 1. The van der Waals surface area contributed by atoms with Crippen molar-refractivity contribution in [1.29, 1.82) is 0 Å². The molecule has 1 amide bonds. The number of nitrogens with zero attached hydrogens (tertiary/aromatic N) is 1. The first kappa shape index (κ1) is 15.3. The molecule has 1 unspecified atom stereocenters. The van der Waals surface area contributed by atoms with Gasteiger partial charge in [0.2, 0.25) is 5.91 Å². The van der Waals surface area contributed by atoms with Gasteiger partial charge in [0.25, 0.3) is 0 Å². The van der Waals surface area contributed by atoms with Crippen molar-refractivity contribution in [3.05, 3.63) is 48.0 Å². The molecule has 2 rings (SSSR count). The van der Waals surface area contributed by atoms with E-state index in [1.54, 1.807) is 0 Å². The average Bonchev–Trinajstić information content (AvgIpc) is 2.46. The van der Waals surface area contributed by atoms with Gasteiger partial charge < -0.3 is 10.4 Å². The van der Waals surface area contributed by atoms with Crippen LogP contribution in [0.15, 0.2) is 42.5 Å². The van der Waals surface area contributed by atoms with Gasteiger partial charge in [-0.1, -0.05) is 30.3 Å². The van der Waals surface area contributed by atoms with E-state index in [1.165, 1.54) is 5.56 Å². The summed E-state index contributed by atoms with van der Waals surface area (Å²) in [6, 6.07) is 10.3. The molecule has 1 fully saturated rings. The third-order valence-electron chi connectivity index (χ3n) is 3.48. The highest BCUT2D eigenvalue weighted by molar-refractivity contribution is 5.94. The Hall–Kier alpha value is -2.14. The lowest BCUT2D eigenvalue weighted by Gasteiger charge is -2.33. The lowest BCUT2D eigenvalue weighted by atomic mass is 10.0. The molecular formula is C16H20N2O3. The summed E-state index contributed by atoms with van der Waals surface area (Å²) in [7, 11) is 0. The van der Waals surface area contributed by atoms with Crippen molar-refractivity contribution in [1.82, 2.24) is 10.2 Å². The third kappa shape index (κ3) is 5.39. The van der Waals surface area contributed by atoms with Crippen LogP contribution in [0, 0.1) is 0 Å². The standard InChI is InChI=1S/C16H20N2O3/c19-15(8-9-16(20)21)17-14-7-4-10-18(12-14)11-13-5-2-1-3-6-13/h1-3,5-6,8-9,14H,4,7,10-12H2,(H,17,19)(H,20,21). The van der Waals surface area contributed by atoms with Crippen molar-refractivity contribution in [3.63, 3.8) is 0 Å². The first-order valence-corrected chi connectivity index (χ1v) is 7.11. The van der Waals surface area contributed by atoms with Gasteiger partial charge in [-0.2, -0.15) is 0 Å². The fourth-order valence-electron chi connectivity index (χ4n) is 2.55. The largest absolute Gasteiger partial charge is 0.478 e. The van der Waals surface area contributed by atoms with Crippen LogP contribution in [0.5, 0.6) is 0 Å². The number of rotatable bonds is 5. The number of hydrogen-bond acceptors (Lipinski definition) is 3. The van der Waals surface area contributed by atoms with Gasteiger partial charge in [-0.25, -0.2) is 4.79 Å². The van der Waals surface area contributed by atoms with E-state index >= 15 is 0 Å². The fraction of sp³-hybridized carbons (Fsp3) is 0.375. The smallest absolute Gasteiger partial charge is 0.328 e. The van der Waals surface area contributed by atoms with Crippen molar-refractivity contribution in [2.45, 2.75) is 25.4 Å². The van der Waals surface area contributed by atoms with E-state index in [1.807, 2.05) is 18.2 Å². The molecule has 1 aromatic rings. The molecule has 0 aromatic heterocycles. The Morgan fingerprint density at radius 1 is 1.29 bits per heavy atom. The zero-order valence-corrected chi connectivity index (χ0v) is 11.9. The molecule has 0 aliphatic carbocycles. The Morgan fingerprint density at radius 2 is 2.05 bits per heavy atom. The van der Waals surface area contributed by atoms with Crippen LogP contribution in [0.2, 0.25) is 0 Å². The summed E-state index contributed by atoms with van der Waals surface area (Å²) < 4.78 is 0. The lowest BCUT2D eigenvalue weighted by molar-refractivity contribution is -0.131. The van der Waals surface area contributed by atoms with Gasteiger partial charge in [-0.05, 0) is 24.9 Å². The molecule has 21 heavy (non-hydrogen) atoms. The van der Waals surface area contributed by atoms with Crippen molar-refractivity contribution in [2.24, 2.45) is 0 Å². The number of carbonyl (C=O) groups excluding carboxylic acids is 1. The van der Waals surface area contributed by atoms with Crippen LogP contribution in [0.3, 0.4) is 0 Å². The molecule has 112 valence electrons. The summed E-state index contributed by atoms with van der Waals surface area (Å²) >= 11 is 0. The number of nitrogens with one attached hydrogen (secondary N) is 1. The zero-order chi connectivity index (χ0) is 15.1. The van der Waals surface area contributed by atoms with Crippen LogP contribution in [0.1, 0.15) is 18.4 Å². The second kappa shape index (κ2) is 7.59. The molecule has 0 saturated carbocycles. The maximum absolute atomic E-state index is 11.6. The molecule has 0 bridgehead atoms. The highest BCUT2D eigenvalue weighted by atomic mass is 16.4. The first-order valence-electron chi connectivity index (χ1n) is 7.11. The zero-order valence-electron chi connectivity index (χ0n) is 11.9. The topological polar surface area (TPSA) is 69.6 Å². The second-order valence-electron chi connectivity index (χ2n) is 5.24. The minimum Gasteiger partial charge on any atom is -0.478 e. The highest BCUT2D eigenvalue weighted by Gasteiger charge is 2.20. The number of amides is 1. The molecule has 1 saturated heterocycles. The minimum atomic E-state index is -1.11. The van der Waals surface area contributed by atoms with E-state index in [-0.39, 0.29) is 11.9 Å². The SMILES string of the molecule is O=C(O)C=CC(=O)NC1CCCN(Cc2ccccc2)C1. The van der Waals surface area contributed by atoms with E-state index in [0.29, 0.717) is 0 Å². The van der Waals surface area contributed by atoms with Gasteiger partial charge in [0.05, 0.1) is 0 Å². The van der Waals surface area contributed by atoms with Crippen LogP contribution in [-0.4, -0.2) is 41.0 Å². The molecule has 1 heterocycles. The number of benzene rings is 1. The van der Waals surface area contributed by atoms with Crippen LogP contribution in [-0.2, 0) is 16.1 Å². The van der Waals surface area contributed by atoms with E-state index in [9.17, 15) is 9.59 Å². The summed E-state index contributed by atoms with van der Waals surface area (Å²) in [5, 5.41) is 11.4. The summed E-state index contributed by atoms with van der Waals surface area (Å²) in [6.07, 6.45) is 3.89. The molecule has 0 radical (unpaired) electrons. The maximum Gasteiger partial charge on any atom is 0.328 e. The molecule has 2 N–H and O–H groups in total. The molecule has 5 nitrogen and oxygen atoms in total. The maximum atomic E-state index is 11.6. The predicted molar refractivity (Wildman–Crippen MR) is 79.7 cm³/mol. The van der Waals surface area contributed by atoms with Gasteiger partial charge in [-0.15, -0.1) is 0 Å². The Bertz CT molecular complexity index is 514. The Kier molecular flexibility index (Phi) is 5.51. The third-order valence-corrected chi connectivity index (χ3v) is 3.48. The van der Waals surface area contributed by atoms with Crippen molar-refractivity contribution in [2.75, 3.05) is 13.1 Å². The van der Waals surface area contributed by atoms with Crippen LogP contribution < -0.4 is 5.32 Å². The molecule has 0 spiro atoms. The summed E-state index contributed by atoms with van der Waals surface area (Å²) in [5.74, 6) is -1.46. The first-order chi connectivity index (χ1) is 10.1. The quantitative estimate of drug-likeness (QED) is 0.804. The molecule has 1 atom stereocenters. The number of aliphatic carboxylic acids is 1. The number of carboxylic acids is 1. The van der Waals surface area contributed by atoms with E-state index in [2.05, 4.69) is 22.3 Å². The average molecular weight is 288 g/mol. The summed E-state index contributed by atoms with van der Waals surface area (Å²) in [6.45, 7) is 2.69.